The second kappa shape index (κ2) is 5.15. The second-order valence-electron chi connectivity index (χ2n) is 2.04. The molecule has 0 nitrogen and oxygen atoms in total. The molecular formula is C8H12F2. The lowest BCUT2D eigenvalue weighted by atomic mass is 10.1. The molecule has 0 saturated carbocycles. The Morgan fingerprint density at radius 2 is 2.10 bits per heavy atom. The molecule has 0 aromatic rings. The van der Waals surface area contributed by atoms with Crippen LogP contribution in [-0.4, -0.2) is 6.43 Å². The minimum atomic E-state index is -2.28. The van der Waals surface area contributed by atoms with E-state index in [0.717, 1.165) is 0 Å². The normalized spacial score (nSPS) is 14.4. The van der Waals surface area contributed by atoms with Gasteiger partial charge in [-0.05, 0) is 13.3 Å². The van der Waals surface area contributed by atoms with Gasteiger partial charge < -0.3 is 0 Å². The maximum absolute atomic E-state index is 11.9. The van der Waals surface area contributed by atoms with Crippen molar-refractivity contribution in [1.82, 2.24) is 0 Å². The molecule has 0 amide bonds. The SMILES string of the molecule is C=CC(C/C=C\C)C(F)F. The van der Waals surface area contributed by atoms with E-state index in [1.165, 1.54) is 6.08 Å². The zero-order valence-corrected chi connectivity index (χ0v) is 6.06. The van der Waals surface area contributed by atoms with Crippen molar-refractivity contribution < 1.29 is 8.78 Å². The summed E-state index contributed by atoms with van der Waals surface area (Å²) in [5.41, 5.74) is 0. The molecule has 0 aliphatic heterocycles. The van der Waals surface area contributed by atoms with Crippen molar-refractivity contribution in [1.29, 1.82) is 0 Å². The fraction of sp³-hybridized carbons (Fsp3) is 0.500. The van der Waals surface area contributed by atoms with Gasteiger partial charge in [-0.2, -0.15) is 0 Å². The van der Waals surface area contributed by atoms with Crippen molar-refractivity contribution in [3.63, 3.8) is 0 Å². The van der Waals surface area contributed by atoms with Crippen LogP contribution in [0.4, 0.5) is 8.78 Å². The highest BCUT2D eigenvalue weighted by atomic mass is 19.3. The van der Waals surface area contributed by atoms with Crippen LogP contribution in [-0.2, 0) is 0 Å². The van der Waals surface area contributed by atoms with Gasteiger partial charge >= 0.3 is 0 Å². The first kappa shape index (κ1) is 9.34. The van der Waals surface area contributed by atoms with Crippen LogP contribution in [0.5, 0.6) is 0 Å². The summed E-state index contributed by atoms with van der Waals surface area (Å²) in [5, 5.41) is 0. The van der Waals surface area contributed by atoms with Gasteiger partial charge in [-0.25, -0.2) is 8.78 Å². The van der Waals surface area contributed by atoms with Crippen molar-refractivity contribution in [3.05, 3.63) is 24.8 Å². The van der Waals surface area contributed by atoms with Gasteiger partial charge in [-0.15, -0.1) is 6.58 Å². The van der Waals surface area contributed by atoms with Crippen molar-refractivity contribution in [3.8, 4) is 0 Å². The molecule has 1 unspecified atom stereocenters. The van der Waals surface area contributed by atoms with Crippen LogP contribution in [0.1, 0.15) is 13.3 Å². The van der Waals surface area contributed by atoms with Crippen LogP contribution in [0.25, 0.3) is 0 Å². The van der Waals surface area contributed by atoms with E-state index in [9.17, 15) is 8.78 Å². The molecule has 0 aromatic heterocycles. The summed E-state index contributed by atoms with van der Waals surface area (Å²) in [6, 6.07) is 0. The lowest BCUT2D eigenvalue weighted by Gasteiger charge is -2.06. The third-order valence-corrected chi connectivity index (χ3v) is 1.27. The number of rotatable bonds is 4. The molecule has 0 aliphatic carbocycles. The summed E-state index contributed by atoms with van der Waals surface area (Å²) in [4.78, 5) is 0. The Morgan fingerprint density at radius 1 is 1.50 bits per heavy atom. The Balaban J connectivity index is 3.71. The van der Waals surface area contributed by atoms with Crippen LogP contribution < -0.4 is 0 Å². The highest BCUT2D eigenvalue weighted by Gasteiger charge is 2.13. The minimum Gasteiger partial charge on any atom is -0.210 e. The summed E-state index contributed by atoms with van der Waals surface area (Å²) in [6.45, 7) is 5.13. The summed E-state index contributed by atoms with van der Waals surface area (Å²) in [7, 11) is 0. The summed E-state index contributed by atoms with van der Waals surface area (Å²) in [6.07, 6.45) is 2.88. The fourth-order valence-corrected chi connectivity index (χ4v) is 0.595. The maximum Gasteiger partial charge on any atom is 0.245 e. The van der Waals surface area contributed by atoms with E-state index >= 15 is 0 Å². The van der Waals surface area contributed by atoms with E-state index in [2.05, 4.69) is 6.58 Å². The van der Waals surface area contributed by atoms with E-state index in [4.69, 9.17) is 0 Å². The zero-order valence-electron chi connectivity index (χ0n) is 6.06. The molecule has 58 valence electrons. The Kier molecular flexibility index (Phi) is 4.81. The van der Waals surface area contributed by atoms with Crippen LogP contribution in [0, 0.1) is 5.92 Å². The molecule has 10 heavy (non-hydrogen) atoms. The molecule has 2 heteroatoms. The largest absolute Gasteiger partial charge is 0.245 e. The van der Waals surface area contributed by atoms with Gasteiger partial charge in [0.15, 0.2) is 0 Å². The number of hydrogen-bond acceptors (Lipinski definition) is 0. The van der Waals surface area contributed by atoms with Gasteiger partial charge in [-0.3, -0.25) is 0 Å². The molecule has 0 aromatic carbocycles. The number of alkyl halides is 2. The van der Waals surface area contributed by atoms with E-state index in [1.807, 2.05) is 6.92 Å². The first-order valence-electron chi connectivity index (χ1n) is 3.24. The first-order chi connectivity index (χ1) is 4.72. The Bertz CT molecular complexity index is 116. The van der Waals surface area contributed by atoms with E-state index in [0.29, 0.717) is 6.42 Å². The molecule has 0 aliphatic rings. The number of allylic oxidation sites excluding steroid dienone is 3. The van der Waals surface area contributed by atoms with Gasteiger partial charge in [0.2, 0.25) is 6.43 Å². The van der Waals surface area contributed by atoms with Gasteiger partial charge in [0, 0.05) is 5.92 Å². The molecular weight excluding hydrogens is 134 g/mol. The molecule has 0 spiro atoms. The lowest BCUT2D eigenvalue weighted by molar-refractivity contribution is 0.102. The molecule has 0 fully saturated rings. The fourth-order valence-electron chi connectivity index (χ4n) is 0.595. The maximum atomic E-state index is 11.9. The second-order valence-corrected chi connectivity index (χ2v) is 2.04. The van der Waals surface area contributed by atoms with Gasteiger partial charge in [0.05, 0.1) is 0 Å². The quantitative estimate of drug-likeness (QED) is 0.535. The predicted octanol–water partition coefficient (Wildman–Crippen LogP) is 3.02. The predicted molar refractivity (Wildman–Crippen MR) is 39.1 cm³/mol. The lowest BCUT2D eigenvalue weighted by Crippen LogP contribution is -2.06. The molecule has 0 heterocycles. The summed E-state index contributed by atoms with van der Waals surface area (Å²) >= 11 is 0. The average Bonchev–Trinajstić information content (AvgIpc) is 1.89. The highest BCUT2D eigenvalue weighted by Crippen LogP contribution is 2.15. The molecule has 1 atom stereocenters. The molecule has 0 bridgehead atoms. The highest BCUT2D eigenvalue weighted by molar-refractivity contribution is 4.89. The average molecular weight is 146 g/mol. The first-order valence-corrected chi connectivity index (χ1v) is 3.24. The topological polar surface area (TPSA) is 0 Å². The van der Waals surface area contributed by atoms with Crippen LogP contribution in [0.2, 0.25) is 0 Å². The van der Waals surface area contributed by atoms with E-state index < -0.39 is 12.3 Å². The van der Waals surface area contributed by atoms with Crippen molar-refractivity contribution >= 4 is 0 Å². The van der Waals surface area contributed by atoms with Crippen molar-refractivity contribution in [2.75, 3.05) is 0 Å². The number of hydrogen-bond donors (Lipinski definition) is 0. The third kappa shape index (κ3) is 3.38. The standard InChI is InChI=1S/C8H12F2/c1-3-5-6-7(4-2)8(9)10/h3-5,7-8H,2,6H2,1H3/b5-3-. The molecule has 0 saturated heterocycles. The molecule has 0 rings (SSSR count). The van der Waals surface area contributed by atoms with Gasteiger partial charge in [0.25, 0.3) is 0 Å². The van der Waals surface area contributed by atoms with Crippen molar-refractivity contribution in [2.45, 2.75) is 19.8 Å². The summed E-state index contributed by atoms with van der Waals surface area (Å²) in [5.74, 6) is -0.684. The van der Waals surface area contributed by atoms with Crippen LogP contribution in [0.15, 0.2) is 24.8 Å². The Morgan fingerprint density at radius 3 is 2.40 bits per heavy atom. The van der Waals surface area contributed by atoms with Crippen LogP contribution in [0.3, 0.4) is 0 Å². The van der Waals surface area contributed by atoms with E-state index in [-0.39, 0.29) is 0 Å². The van der Waals surface area contributed by atoms with Gasteiger partial charge in [-0.1, -0.05) is 18.2 Å². The Labute approximate surface area is 60.2 Å². The minimum absolute atomic E-state index is 0.387. The zero-order chi connectivity index (χ0) is 7.98. The number of halogens is 2. The van der Waals surface area contributed by atoms with Gasteiger partial charge in [0.1, 0.15) is 0 Å². The monoisotopic (exact) mass is 146 g/mol. The van der Waals surface area contributed by atoms with Crippen molar-refractivity contribution in [2.24, 2.45) is 5.92 Å². The molecule has 0 N–H and O–H groups in total. The summed E-state index contributed by atoms with van der Waals surface area (Å²) < 4.78 is 23.8. The smallest absolute Gasteiger partial charge is 0.210 e. The third-order valence-electron chi connectivity index (χ3n) is 1.27. The van der Waals surface area contributed by atoms with Crippen LogP contribution >= 0.6 is 0 Å². The van der Waals surface area contributed by atoms with E-state index in [1.54, 1.807) is 12.2 Å². The molecule has 0 radical (unpaired) electrons. The Hall–Kier alpha value is -0.660.